The highest BCUT2D eigenvalue weighted by atomic mass is 35.5. The molecule has 0 radical (unpaired) electrons. The molecule has 1 fully saturated rings. The molecule has 2 aromatic rings. The molecule has 2 unspecified atom stereocenters. The van der Waals surface area contributed by atoms with Crippen LogP contribution in [0.5, 0.6) is 0 Å². The molecule has 0 amide bonds. The topological polar surface area (TPSA) is 45.0 Å². The lowest BCUT2D eigenvalue weighted by Gasteiger charge is -2.21. The van der Waals surface area contributed by atoms with E-state index in [0.29, 0.717) is 22.8 Å². The molecule has 1 saturated heterocycles. The van der Waals surface area contributed by atoms with Gasteiger partial charge < -0.3 is 10.1 Å². The van der Waals surface area contributed by atoms with E-state index in [1.165, 1.54) is 6.07 Å². The van der Waals surface area contributed by atoms with Gasteiger partial charge in [-0.1, -0.05) is 17.7 Å². The first-order chi connectivity index (χ1) is 11.1. The summed E-state index contributed by atoms with van der Waals surface area (Å²) >= 11 is 6.02. The lowest BCUT2D eigenvalue weighted by atomic mass is 10.0. The quantitative estimate of drug-likeness (QED) is 0.903. The van der Waals surface area contributed by atoms with Crippen LogP contribution in [-0.4, -0.2) is 12.6 Å². The normalized spacial score (nSPS) is 20.3. The van der Waals surface area contributed by atoms with Crippen LogP contribution in [0.15, 0.2) is 36.4 Å². The van der Waals surface area contributed by atoms with Crippen LogP contribution in [-0.2, 0) is 4.74 Å². The second-order valence-corrected chi connectivity index (χ2v) is 5.72. The van der Waals surface area contributed by atoms with Crippen molar-refractivity contribution < 1.29 is 13.5 Å². The van der Waals surface area contributed by atoms with Crippen LogP contribution >= 0.6 is 11.6 Å². The predicted octanol–water partition coefficient (Wildman–Crippen LogP) is 4.43. The minimum atomic E-state index is -0.891. The molecule has 1 heterocycles. The van der Waals surface area contributed by atoms with Crippen molar-refractivity contribution in [3.63, 3.8) is 0 Å². The van der Waals surface area contributed by atoms with Gasteiger partial charge in [-0.05, 0) is 42.3 Å². The second kappa shape index (κ2) is 6.53. The number of hydrogen-bond acceptors (Lipinski definition) is 3. The van der Waals surface area contributed by atoms with Gasteiger partial charge in [-0.2, -0.15) is 5.26 Å². The molecule has 2 aromatic carbocycles. The maximum atomic E-state index is 13.4. The summed E-state index contributed by atoms with van der Waals surface area (Å²) in [7, 11) is 0. The molecule has 1 N–H and O–H groups in total. The van der Waals surface area contributed by atoms with E-state index in [9.17, 15) is 8.78 Å². The minimum Gasteiger partial charge on any atom is -0.379 e. The number of benzene rings is 2. The lowest BCUT2D eigenvalue weighted by molar-refractivity contribution is 0.107. The summed E-state index contributed by atoms with van der Waals surface area (Å²) in [6.07, 6.45) is 0.348. The van der Waals surface area contributed by atoms with Gasteiger partial charge >= 0.3 is 0 Å². The molecule has 0 saturated carbocycles. The Morgan fingerprint density at radius 2 is 2.00 bits per heavy atom. The summed E-state index contributed by atoms with van der Waals surface area (Å²) < 4.78 is 32.2. The van der Waals surface area contributed by atoms with E-state index in [0.717, 1.165) is 24.2 Å². The standard InChI is InChI=1S/C17H13ClF2N2O/c18-13-8-12(3-1-11(13)9-21)22-16-5-6-23-17(16)10-2-4-14(19)15(20)7-10/h1-4,7-8,16-17,22H,5-6H2. The van der Waals surface area contributed by atoms with Crippen molar-refractivity contribution in [2.45, 2.75) is 18.6 Å². The molecule has 1 aliphatic rings. The zero-order valence-electron chi connectivity index (χ0n) is 12.0. The number of nitrogens with zero attached hydrogens (tertiary/aromatic N) is 1. The Labute approximate surface area is 137 Å². The van der Waals surface area contributed by atoms with E-state index >= 15 is 0 Å². The molecule has 0 spiro atoms. The highest BCUT2D eigenvalue weighted by molar-refractivity contribution is 6.32. The lowest BCUT2D eigenvalue weighted by Crippen LogP contribution is -2.23. The molecule has 3 rings (SSSR count). The third-order valence-corrected chi connectivity index (χ3v) is 4.12. The molecule has 1 aliphatic heterocycles. The average Bonchev–Trinajstić information content (AvgIpc) is 2.98. The number of halogens is 3. The van der Waals surface area contributed by atoms with Gasteiger partial charge in [-0.25, -0.2) is 8.78 Å². The third kappa shape index (κ3) is 3.29. The van der Waals surface area contributed by atoms with Crippen LogP contribution in [0.25, 0.3) is 0 Å². The van der Waals surface area contributed by atoms with E-state index in [4.69, 9.17) is 21.6 Å². The third-order valence-electron chi connectivity index (χ3n) is 3.81. The first-order valence-corrected chi connectivity index (χ1v) is 7.49. The Kier molecular flexibility index (Phi) is 4.46. The van der Waals surface area contributed by atoms with Crippen LogP contribution < -0.4 is 5.32 Å². The maximum Gasteiger partial charge on any atom is 0.159 e. The molecule has 118 valence electrons. The molecule has 6 heteroatoms. The van der Waals surface area contributed by atoms with Crippen LogP contribution in [0.4, 0.5) is 14.5 Å². The number of anilines is 1. The fourth-order valence-electron chi connectivity index (χ4n) is 2.66. The van der Waals surface area contributed by atoms with Crippen molar-refractivity contribution in [3.05, 3.63) is 64.2 Å². The summed E-state index contributed by atoms with van der Waals surface area (Å²) in [5, 5.41) is 12.5. The van der Waals surface area contributed by atoms with E-state index in [1.807, 2.05) is 6.07 Å². The van der Waals surface area contributed by atoms with Crippen LogP contribution in [0, 0.1) is 23.0 Å². The van der Waals surface area contributed by atoms with Gasteiger partial charge in [0.25, 0.3) is 0 Å². The first kappa shape index (κ1) is 15.7. The molecule has 2 atom stereocenters. The SMILES string of the molecule is N#Cc1ccc(NC2CCOC2c2ccc(F)c(F)c2)cc1Cl. The second-order valence-electron chi connectivity index (χ2n) is 5.31. The smallest absolute Gasteiger partial charge is 0.159 e. The zero-order chi connectivity index (χ0) is 16.4. The van der Waals surface area contributed by atoms with E-state index < -0.39 is 11.6 Å². The first-order valence-electron chi connectivity index (χ1n) is 7.11. The maximum absolute atomic E-state index is 13.4. The minimum absolute atomic E-state index is 0.0936. The monoisotopic (exact) mass is 334 g/mol. The molecular weight excluding hydrogens is 322 g/mol. The van der Waals surface area contributed by atoms with Crippen molar-refractivity contribution in [3.8, 4) is 6.07 Å². The van der Waals surface area contributed by atoms with Gasteiger partial charge in [0.1, 0.15) is 12.2 Å². The number of nitriles is 1. The molecule has 23 heavy (non-hydrogen) atoms. The molecule has 0 bridgehead atoms. The summed E-state index contributed by atoms with van der Waals surface area (Å²) in [6.45, 7) is 0.519. The number of rotatable bonds is 3. The predicted molar refractivity (Wildman–Crippen MR) is 83.2 cm³/mol. The van der Waals surface area contributed by atoms with E-state index in [-0.39, 0.29) is 12.1 Å². The Morgan fingerprint density at radius 3 is 2.70 bits per heavy atom. The van der Waals surface area contributed by atoms with Crippen LogP contribution in [0.1, 0.15) is 23.7 Å². The Balaban J connectivity index is 1.80. The molecule has 0 aliphatic carbocycles. The highest BCUT2D eigenvalue weighted by Gasteiger charge is 2.30. The fraction of sp³-hybridized carbons (Fsp3) is 0.235. The molecule has 0 aromatic heterocycles. The van der Waals surface area contributed by atoms with E-state index in [1.54, 1.807) is 18.2 Å². The highest BCUT2D eigenvalue weighted by Crippen LogP contribution is 2.33. The Hall–Kier alpha value is -2.16. The van der Waals surface area contributed by atoms with Crippen molar-refractivity contribution in [1.29, 1.82) is 5.26 Å². The summed E-state index contributed by atoms with van der Waals surface area (Å²) in [4.78, 5) is 0. The van der Waals surface area contributed by atoms with Gasteiger partial charge in [-0.3, -0.25) is 0 Å². The van der Waals surface area contributed by atoms with Crippen molar-refractivity contribution in [1.82, 2.24) is 0 Å². The summed E-state index contributed by atoms with van der Waals surface area (Å²) in [6, 6.07) is 10.7. The van der Waals surface area contributed by atoms with Crippen LogP contribution in [0.3, 0.4) is 0 Å². The summed E-state index contributed by atoms with van der Waals surface area (Å²) in [5.41, 5.74) is 1.73. The zero-order valence-corrected chi connectivity index (χ0v) is 12.8. The van der Waals surface area contributed by atoms with Gasteiger partial charge in [0, 0.05) is 12.3 Å². The van der Waals surface area contributed by atoms with Gasteiger partial charge in [0.15, 0.2) is 11.6 Å². The van der Waals surface area contributed by atoms with Gasteiger partial charge in [0.05, 0.1) is 16.6 Å². The average molecular weight is 335 g/mol. The van der Waals surface area contributed by atoms with Gasteiger partial charge in [-0.15, -0.1) is 0 Å². The van der Waals surface area contributed by atoms with Crippen molar-refractivity contribution in [2.75, 3.05) is 11.9 Å². The van der Waals surface area contributed by atoms with Gasteiger partial charge in [0.2, 0.25) is 0 Å². The largest absolute Gasteiger partial charge is 0.379 e. The van der Waals surface area contributed by atoms with Crippen LogP contribution in [0.2, 0.25) is 5.02 Å². The fourth-order valence-corrected chi connectivity index (χ4v) is 2.89. The van der Waals surface area contributed by atoms with Crippen molar-refractivity contribution >= 4 is 17.3 Å². The summed E-state index contributed by atoms with van der Waals surface area (Å²) in [5.74, 6) is -1.77. The number of hydrogen-bond donors (Lipinski definition) is 1. The van der Waals surface area contributed by atoms with E-state index in [2.05, 4.69) is 5.32 Å². The number of nitrogens with one attached hydrogen (secondary N) is 1. The molecule has 3 nitrogen and oxygen atoms in total. The van der Waals surface area contributed by atoms with Crippen molar-refractivity contribution in [2.24, 2.45) is 0 Å². The molecular formula is C17H13ClF2N2O. The Morgan fingerprint density at radius 1 is 1.17 bits per heavy atom. The number of ether oxygens (including phenoxy) is 1. The Bertz CT molecular complexity index is 776.